The summed E-state index contributed by atoms with van der Waals surface area (Å²) in [7, 11) is 0. The quantitative estimate of drug-likeness (QED) is 0.628. The van der Waals surface area contributed by atoms with E-state index in [9.17, 15) is 4.79 Å². The number of carbonyl (C=O) groups excluding carboxylic acids is 1. The third kappa shape index (κ3) is 4.49. The Morgan fingerprint density at radius 2 is 1.77 bits per heavy atom. The average Bonchev–Trinajstić information content (AvgIpc) is 2.72. The molecule has 2 aromatic heterocycles. The molecular weight excluding hydrogens is 342 g/mol. The maximum absolute atomic E-state index is 13.0. The number of hydrogen-bond acceptors (Lipinski definition) is 4. The largest absolute Gasteiger partial charge is 0.339 e. The van der Waals surface area contributed by atoms with Gasteiger partial charge < -0.3 is 5.32 Å². The number of carbonyl (C=O) groups is 1. The Morgan fingerprint density at radius 1 is 1.00 bits per heavy atom. The van der Waals surface area contributed by atoms with Crippen molar-refractivity contribution in [1.29, 1.82) is 0 Å². The predicted molar refractivity (Wildman–Crippen MR) is 105 cm³/mol. The molecule has 0 spiro atoms. The molecule has 0 aliphatic rings. The summed E-state index contributed by atoms with van der Waals surface area (Å²) in [6, 6.07) is 18.9. The fourth-order valence-corrected chi connectivity index (χ4v) is 3.46. The zero-order valence-corrected chi connectivity index (χ0v) is 15.4. The number of rotatable bonds is 7. The standard InChI is InChI=1S/C21H21N3OS/c1-2-15-26-21-17(11-8-14-23-21)20(25)24-19(16-9-4-3-5-10-16)18-12-6-7-13-22-18/h3-14,19H,2,15H2,1H3,(H,24,25). The lowest BCUT2D eigenvalue weighted by Crippen LogP contribution is -2.30. The molecule has 3 aromatic rings. The Kier molecular flexibility index (Phi) is 6.39. The van der Waals surface area contributed by atoms with Gasteiger partial charge in [-0.25, -0.2) is 4.98 Å². The lowest BCUT2D eigenvalue weighted by atomic mass is 10.0. The summed E-state index contributed by atoms with van der Waals surface area (Å²) in [6.07, 6.45) is 4.50. The highest BCUT2D eigenvalue weighted by Crippen LogP contribution is 2.24. The van der Waals surface area contributed by atoms with Gasteiger partial charge in [0.15, 0.2) is 0 Å². The van der Waals surface area contributed by atoms with Gasteiger partial charge in [-0.3, -0.25) is 9.78 Å². The first kappa shape index (κ1) is 18.1. The molecule has 2 heterocycles. The highest BCUT2D eigenvalue weighted by atomic mass is 32.2. The number of benzene rings is 1. The monoisotopic (exact) mass is 363 g/mol. The lowest BCUT2D eigenvalue weighted by molar-refractivity contribution is 0.0938. The van der Waals surface area contributed by atoms with Crippen molar-refractivity contribution >= 4 is 17.7 Å². The van der Waals surface area contributed by atoms with Crippen LogP contribution in [0.25, 0.3) is 0 Å². The van der Waals surface area contributed by atoms with Gasteiger partial charge in [-0.15, -0.1) is 11.8 Å². The zero-order valence-electron chi connectivity index (χ0n) is 14.6. The molecule has 1 amide bonds. The van der Waals surface area contributed by atoms with Crippen LogP contribution in [0.4, 0.5) is 0 Å². The van der Waals surface area contributed by atoms with Crippen LogP contribution >= 0.6 is 11.8 Å². The van der Waals surface area contributed by atoms with E-state index in [0.29, 0.717) is 5.56 Å². The second-order valence-corrected chi connectivity index (χ2v) is 6.86. The van der Waals surface area contributed by atoms with Gasteiger partial charge >= 0.3 is 0 Å². The van der Waals surface area contributed by atoms with E-state index in [1.807, 2.05) is 54.6 Å². The van der Waals surface area contributed by atoms with Crippen molar-refractivity contribution in [3.05, 3.63) is 89.9 Å². The van der Waals surface area contributed by atoms with E-state index >= 15 is 0 Å². The molecule has 4 nitrogen and oxygen atoms in total. The summed E-state index contributed by atoms with van der Waals surface area (Å²) >= 11 is 1.61. The summed E-state index contributed by atoms with van der Waals surface area (Å²) in [5, 5.41) is 3.89. The summed E-state index contributed by atoms with van der Waals surface area (Å²) in [6.45, 7) is 2.11. The molecule has 1 aromatic carbocycles. The second kappa shape index (κ2) is 9.15. The molecule has 0 radical (unpaired) electrons. The molecule has 1 unspecified atom stereocenters. The van der Waals surface area contributed by atoms with Gasteiger partial charge in [0.05, 0.1) is 17.3 Å². The maximum Gasteiger partial charge on any atom is 0.254 e. The number of amides is 1. The molecule has 0 bridgehead atoms. The van der Waals surface area contributed by atoms with Gasteiger partial charge in [0.1, 0.15) is 5.03 Å². The molecule has 1 N–H and O–H groups in total. The summed E-state index contributed by atoms with van der Waals surface area (Å²) < 4.78 is 0. The first-order valence-electron chi connectivity index (χ1n) is 8.64. The minimum atomic E-state index is -0.311. The Labute approximate surface area is 158 Å². The van der Waals surface area contributed by atoms with E-state index in [0.717, 1.165) is 28.5 Å². The van der Waals surface area contributed by atoms with Crippen molar-refractivity contribution in [2.24, 2.45) is 0 Å². The second-order valence-electron chi connectivity index (χ2n) is 5.78. The van der Waals surface area contributed by atoms with Crippen LogP contribution in [0.3, 0.4) is 0 Å². The Hall–Kier alpha value is -2.66. The molecule has 132 valence electrons. The van der Waals surface area contributed by atoms with Gasteiger partial charge in [0.2, 0.25) is 0 Å². The fraction of sp³-hybridized carbons (Fsp3) is 0.190. The highest BCUT2D eigenvalue weighted by molar-refractivity contribution is 7.99. The van der Waals surface area contributed by atoms with Crippen LogP contribution in [0.2, 0.25) is 0 Å². The molecule has 5 heteroatoms. The number of hydrogen-bond donors (Lipinski definition) is 1. The average molecular weight is 363 g/mol. The Balaban J connectivity index is 1.89. The van der Waals surface area contributed by atoms with E-state index in [-0.39, 0.29) is 11.9 Å². The van der Waals surface area contributed by atoms with Crippen molar-refractivity contribution in [3.63, 3.8) is 0 Å². The molecule has 26 heavy (non-hydrogen) atoms. The third-order valence-electron chi connectivity index (χ3n) is 3.85. The van der Waals surface area contributed by atoms with Gasteiger partial charge in [-0.05, 0) is 42.0 Å². The number of pyridine rings is 2. The highest BCUT2D eigenvalue weighted by Gasteiger charge is 2.20. The Morgan fingerprint density at radius 3 is 2.50 bits per heavy atom. The van der Waals surface area contributed by atoms with Crippen LogP contribution in [0.1, 0.15) is 41.0 Å². The predicted octanol–water partition coefficient (Wildman–Crippen LogP) is 4.50. The smallest absolute Gasteiger partial charge is 0.254 e. The molecule has 0 saturated carbocycles. The van der Waals surface area contributed by atoms with E-state index < -0.39 is 0 Å². The number of nitrogens with zero attached hydrogens (tertiary/aromatic N) is 2. The normalized spacial score (nSPS) is 11.7. The lowest BCUT2D eigenvalue weighted by Gasteiger charge is -2.19. The molecule has 0 fully saturated rings. The van der Waals surface area contributed by atoms with Gasteiger partial charge in [-0.2, -0.15) is 0 Å². The first-order valence-corrected chi connectivity index (χ1v) is 9.62. The summed E-state index contributed by atoms with van der Waals surface area (Å²) in [5.41, 5.74) is 2.40. The van der Waals surface area contributed by atoms with Crippen LogP contribution in [-0.4, -0.2) is 21.6 Å². The van der Waals surface area contributed by atoms with Crippen molar-refractivity contribution in [3.8, 4) is 0 Å². The maximum atomic E-state index is 13.0. The van der Waals surface area contributed by atoms with Crippen LogP contribution < -0.4 is 5.32 Å². The fourth-order valence-electron chi connectivity index (χ4n) is 2.61. The number of aromatic nitrogens is 2. The topological polar surface area (TPSA) is 54.9 Å². The third-order valence-corrected chi connectivity index (χ3v) is 5.06. The van der Waals surface area contributed by atoms with Crippen LogP contribution in [0.5, 0.6) is 0 Å². The molecule has 0 aliphatic heterocycles. The van der Waals surface area contributed by atoms with Gasteiger partial charge in [-0.1, -0.05) is 43.3 Å². The van der Waals surface area contributed by atoms with Crippen molar-refractivity contribution in [1.82, 2.24) is 15.3 Å². The molecular formula is C21H21N3OS. The summed E-state index contributed by atoms with van der Waals surface area (Å²) in [5.74, 6) is 0.788. The zero-order chi connectivity index (χ0) is 18.2. The molecule has 3 rings (SSSR count). The van der Waals surface area contributed by atoms with Gasteiger partial charge in [0.25, 0.3) is 5.91 Å². The van der Waals surface area contributed by atoms with Gasteiger partial charge in [0, 0.05) is 12.4 Å². The van der Waals surface area contributed by atoms with E-state index in [4.69, 9.17) is 0 Å². The minimum absolute atomic E-state index is 0.142. The van der Waals surface area contributed by atoms with Crippen molar-refractivity contribution in [2.75, 3.05) is 5.75 Å². The van der Waals surface area contributed by atoms with Crippen LogP contribution in [0, 0.1) is 0 Å². The summed E-state index contributed by atoms with van der Waals surface area (Å²) in [4.78, 5) is 21.8. The van der Waals surface area contributed by atoms with E-state index in [1.165, 1.54) is 0 Å². The van der Waals surface area contributed by atoms with Crippen LogP contribution in [0.15, 0.2) is 78.1 Å². The molecule has 1 atom stereocenters. The molecule has 0 saturated heterocycles. The number of thioether (sulfide) groups is 1. The minimum Gasteiger partial charge on any atom is -0.339 e. The SMILES string of the molecule is CCCSc1ncccc1C(=O)NC(c1ccccc1)c1ccccn1. The first-order chi connectivity index (χ1) is 12.8. The van der Waals surface area contributed by atoms with E-state index in [1.54, 1.807) is 30.2 Å². The van der Waals surface area contributed by atoms with Crippen molar-refractivity contribution in [2.45, 2.75) is 24.4 Å². The Bertz CT molecular complexity index is 801. The molecule has 0 aliphatic carbocycles. The van der Waals surface area contributed by atoms with Crippen molar-refractivity contribution < 1.29 is 4.79 Å². The van der Waals surface area contributed by atoms with E-state index in [2.05, 4.69) is 22.2 Å². The van der Waals surface area contributed by atoms with Crippen LogP contribution in [-0.2, 0) is 0 Å². The number of nitrogens with one attached hydrogen (secondary N) is 1.